The molecule has 0 aliphatic carbocycles. The highest BCUT2D eigenvalue weighted by Crippen LogP contribution is 2.17. The molecule has 98 valence electrons. The van der Waals surface area contributed by atoms with E-state index >= 15 is 0 Å². The summed E-state index contributed by atoms with van der Waals surface area (Å²) in [6, 6.07) is 1.94. The summed E-state index contributed by atoms with van der Waals surface area (Å²) in [5.74, 6) is -1.66. The number of hydrogen-bond donors (Lipinski definition) is 3. The summed E-state index contributed by atoms with van der Waals surface area (Å²) in [6.07, 6.45) is 0. The Labute approximate surface area is 105 Å². The van der Waals surface area contributed by atoms with E-state index in [1.54, 1.807) is 0 Å². The van der Waals surface area contributed by atoms with Gasteiger partial charge in [-0.05, 0) is 31.5 Å². The van der Waals surface area contributed by atoms with Gasteiger partial charge in [0, 0.05) is 12.7 Å². The van der Waals surface area contributed by atoms with Crippen LogP contribution in [0.25, 0.3) is 0 Å². The van der Waals surface area contributed by atoms with Gasteiger partial charge in [0.1, 0.15) is 11.9 Å². The molecule has 1 aromatic rings. The molecular weight excluding hydrogens is 237 g/mol. The Morgan fingerprint density at radius 1 is 1.39 bits per heavy atom. The van der Waals surface area contributed by atoms with Crippen molar-refractivity contribution in [3.05, 3.63) is 29.1 Å². The zero-order chi connectivity index (χ0) is 13.9. The minimum absolute atomic E-state index is 0.164. The molecule has 0 heterocycles. The molecule has 0 fully saturated rings. The van der Waals surface area contributed by atoms with E-state index in [9.17, 15) is 14.0 Å². The molecule has 6 heteroatoms. The average molecular weight is 253 g/mol. The number of carbonyl (C=O) groups is 2. The van der Waals surface area contributed by atoms with E-state index < -0.39 is 17.8 Å². The van der Waals surface area contributed by atoms with Crippen molar-refractivity contribution < 1.29 is 14.0 Å². The summed E-state index contributed by atoms with van der Waals surface area (Å²) >= 11 is 0. The van der Waals surface area contributed by atoms with Crippen LogP contribution in [0.4, 0.5) is 10.1 Å². The summed E-state index contributed by atoms with van der Waals surface area (Å²) in [7, 11) is 1.45. The highest BCUT2D eigenvalue weighted by Gasteiger charge is 2.19. The Morgan fingerprint density at radius 2 is 2.00 bits per heavy atom. The first-order valence-electron chi connectivity index (χ1n) is 5.45. The normalized spacial score (nSPS) is 11.8. The Morgan fingerprint density at radius 3 is 2.56 bits per heavy atom. The van der Waals surface area contributed by atoms with Crippen molar-refractivity contribution in [1.82, 2.24) is 10.6 Å². The summed E-state index contributed by atoms with van der Waals surface area (Å²) in [6.45, 7) is 3.03. The van der Waals surface area contributed by atoms with Gasteiger partial charge in [-0.2, -0.15) is 0 Å². The summed E-state index contributed by atoms with van der Waals surface area (Å²) < 4.78 is 13.7. The van der Waals surface area contributed by atoms with Crippen LogP contribution in [0, 0.1) is 12.7 Å². The maximum atomic E-state index is 13.7. The molecule has 0 aromatic heterocycles. The lowest BCUT2D eigenvalue weighted by molar-refractivity contribution is -0.122. The van der Waals surface area contributed by atoms with Crippen molar-refractivity contribution in [1.29, 1.82) is 0 Å². The number of likely N-dealkylation sites (N-methyl/N-ethyl adjacent to an activating group) is 1. The number of hydrogen-bond acceptors (Lipinski definition) is 3. The maximum Gasteiger partial charge on any atom is 0.254 e. The number of nitrogens with one attached hydrogen (secondary N) is 2. The molecule has 0 aliphatic heterocycles. The number of amides is 2. The zero-order valence-corrected chi connectivity index (χ0v) is 10.5. The van der Waals surface area contributed by atoms with Crippen molar-refractivity contribution in [2.75, 3.05) is 12.8 Å². The van der Waals surface area contributed by atoms with Crippen molar-refractivity contribution in [2.45, 2.75) is 19.9 Å². The Bertz CT molecular complexity index is 488. The minimum Gasteiger partial charge on any atom is -0.399 e. The van der Waals surface area contributed by atoms with Gasteiger partial charge in [0.05, 0.1) is 5.56 Å². The van der Waals surface area contributed by atoms with Crippen LogP contribution >= 0.6 is 0 Å². The van der Waals surface area contributed by atoms with Gasteiger partial charge < -0.3 is 16.4 Å². The van der Waals surface area contributed by atoms with E-state index in [0.717, 1.165) is 0 Å². The molecule has 1 unspecified atom stereocenters. The van der Waals surface area contributed by atoms with Gasteiger partial charge in [-0.1, -0.05) is 0 Å². The third-order valence-corrected chi connectivity index (χ3v) is 2.51. The van der Waals surface area contributed by atoms with Crippen LogP contribution in [0.15, 0.2) is 12.1 Å². The van der Waals surface area contributed by atoms with Crippen LogP contribution in [-0.2, 0) is 4.79 Å². The molecule has 1 atom stereocenters. The number of aryl methyl sites for hydroxylation is 1. The summed E-state index contributed by atoms with van der Waals surface area (Å²) in [5.41, 5.74) is 5.98. The molecule has 18 heavy (non-hydrogen) atoms. The van der Waals surface area contributed by atoms with Crippen LogP contribution in [0.2, 0.25) is 0 Å². The van der Waals surface area contributed by atoms with Crippen LogP contribution in [0.5, 0.6) is 0 Å². The quantitative estimate of drug-likeness (QED) is 0.689. The van der Waals surface area contributed by atoms with Gasteiger partial charge in [-0.3, -0.25) is 9.59 Å². The highest BCUT2D eigenvalue weighted by atomic mass is 19.1. The number of nitrogen functional groups attached to an aromatic ring is 1. The molecule has 4 N–H and O–H groups in total. The van der Waals surface area contributed by atoms with Gasteiger partial charge in [0.2, 0.25) is 5.91 Å². The number of anilines is 1. The first kappa shape index (κ1) is 14.0. The molecule has 0 radical (unpaired) electrons. The topological polar surface area (TPSA) is 84.2 Å². The van der Waals surface area contributed by atoms with Gasteiger partial charge in [0.25, 0.3) is 5.91 Å². The van der Waals surface area contributed by atoms with Gasteiger partial charge >= 0.3 is 0 Å². The molecule has 0 spiro atoms. The molecule has 1 aromatic carbocycles. The van der Waals surface area contributed by atoms with Crippen molar-refractivity contribution in [3.8, 4) is 0 Å². The lowest BCUT2D eigenvalue weighted by Gasteiger charge is -2.13. The van der Waals surface area contributed by atoms with Crippen molar-refractivity contribution in [2.24, 2.45) is 0 Å². The van der Waals surface area contributed by atoms with Crippen LogP contribution in [0.3, 0.4) is 0 Å². The number of nitrogens with two attached hydrogens (primary N) is 1. The lowest BCUT2D eigenvalue weighted by atomic mass is 10.1. The molecule has 1 rings (SSSR count). The minimum atomic E-state index is -0.747. The van der Waals surface area contributed by atoms with Gasteiger partial charge in [-0.25, -0.2) is 4.39 Å². The SMILES string of the molecule is CNC(=O)C(C)NC(=O)c1cc(N)cc(C)c1F. The lowest BCUT2D eigenvalue weighted by Crippen LogP contribution is -2.43. The second kappa shape index (κ2) is 5.48. The third kappa shape index (κ3) is 2.97. The fraction of sp³-hybridized carbons (Fsp3) is 0.333. The standard InChI is InChI=1S/C12H16FN3O2/c1-6-4-8(14)5-9(10(6)13)12(18)16-7(2)11(17)15-3/h4-5,7H,14H2,1-3H3,(H,15,17)(H,16,18). The van der Waals surface area contributed by atoms with Crippen LogP contribution in [0.1, 0.15) is 22.8 Å². The fourth-order valence-electron chi connectivity index (χ4n) is 1.52. The Kier molecular flexibility index (Phi) is 4.25. The van der Waals surface area contributed by atoms with Crippen LogP contribution in [-0.4, -0.2) is 24.9 Å². The molecule has 2 amide bonds. The van der Waals surface area contributed by atoms with Gasteiger partial charge in [0.15, 0.2) is 0 Å². The number of halogens is 1. The Balaban J connectivity index is 2.95. The van der Waals surface area contributed by atoms with E-state index in [1.165, 1.54) is 33.0 Å². The first-order chi connectivity index (χ1) is 8.36. The molecule has 0 saturated carbocycles. The number of rotatable bonds is 3. The second-order valence-electron chi connectivity index (χ2n) is 4.01. The monoisotopic (exact) mass is 253 g/mol. The predicted octanol–water partition coefficient (Wildman–Crippen LogP) is 0.581. The molecule has 0 bridgehead atoms. The molecule has 5 nitrogen and oxygen atoms in total. The largest absolute Gasteiger partial charge is 0.399 e. The van der Waals surface area contributed by atoms with Crippen molar-refractivity contribution >= 4 is 17.5 Å². The van der Waals surface area contributed by atoms with Gasteiger partial charge in [-0.15, -0.1) is 0 Å². The predicted molar refractivity (Wildman–Crippen MR) is 66.5 cm³/mol. The highest BCUT2D eigenvalue weighted by molar-refractivity contribution is 5.98. The molecule has 0 aliphatic rings. The van der Waals surface area contributed by atoms with E-state index in [0.29, 0.717) is 5.69 Å². The second-order valence-corrected chi connectivity index (χ2v) is 4.01. The maximum absolute atomic E-state index is 13.7. The third-order valence-electron chi connectivity index (χ3n) is 2.51. The smallest absolute Gasteiger partial charge is 0.254 e. The number of benzene rings is 1. The number of carbonyl (C=O) groups excluding carboxylic acids is 2. The van der Waals surface area contributed by atoms with E-state index in [4.69, 9.17) is 5.73 Å². The van der Waals surface area contributed by atoms with E-state index in [2.05, 4.69) is 10.6 Å². The van der Waals surface area contributed by atoms with Crippen LogP contribution < -0.4 is 16.4 Å². The first-order valence-corrected chi connectivity index (χ1v) is 5.45. The molecule has 0 saturated heterocycles. The van der Waals surface area contributed by atoms with E-state index in [1.807, 2.05) is 0 Å². The Hall–Kier alpha value is -2.11. The van der Waals surface area contributed by atoms with E-state index in [-0.39, 0.29) is 17.0 Å². The summed E-state index contributed by atoms with van der Waals surface area (Å²) in [4.78, 5) is 23.1. The average Bonchev–Trinajstić information content (AvgIpc) is 2.32. The fourth-order valence-corrected chi connectivity index (χ4v) is 1.52. The molecular formula is C12H16FN3O2. The zero-order valence-electron chi connectivity index (χ0n) is 10.5. The van der Waals surface area contributed by atoms with Crippen molar-refractivity contribution in [3.63, 3.8) is 0 Å². The summed E-state index contributed by atoms with van der Waals surface area (Å²) in [5, 5.41) is 4.78.